The Balaban J connectivity index is 0.000001000. The maximum atomic E-state index is 3.69. The van der Waals surface area contributed by atoms with E-state index in [1.165, 1.54) is 37.9 Å². The molecule has 1 saturated heterocycles. The average molecular weight is 282 g/mol. The minimum atomic E-state index is 0. The normalized spacial score (nSPS) is 26.1. The molecule has 0 aromatic heterocycles. The first-order valence-corrected chi connectivity index (χ1v) is 7.26. The van der Waals surface area contributed by atoms with Crippen LogP contribution in [-0.4, -0.2) is 33.5 Å². The monoisotopic (exact) mass is 282 g/mol. The van der Waals surface area contributed by atoms with Gasteiger partial charge < -0.3 is 10.2 Å². The molecule has 1 aromatic rings. The summed E-state index contributed by atoms with van der Waals surface area (Å²) in [7, 11) is 2.22. The van der Waals surface area contributed by atoms with Gasteiger partial charge in [-0.3, -0.25) is 0 Å². The number of nitrogens with one attached hydrogen (secondary N) is 1. The van der Waals surface area contributed by atoms with E-state index in [1.54, 1.807) is 11.1 Å². The fourth-order valence-electron chi connectivity index (χ4n) is 3.22. The minimum absolute atomic E-state index is 0. The van der Waals surface area contributed by atoms with E-state index in [0.29, 0.717) is 6.04 Å². The van der Waals surface area contributed by atoms with Crippen LogP contribution in [-0.2, 0) is 13.0 Å². The van der Waals surface area contributed by atoms with Crippen molar-refractivity contribution in [1.82, 2.24) is 10.2 Å². The molecule has 1 unspecified atom stereocenters. The second-order valence-electron chi connectivity index (χ2n) is 6.16. The van der Waals surface area contributed by atoms with Gasteiger partial charge in [-0.1, -0.05) is 33.5 Å². The summed E-state index contributed by atoms with van der Waals surface area (Å²) in [6.07, 6.45) is 3.85. The predicted molar refractivity (Wildman–Crippen MR) is 87.0 cm³/mol. The standard InChI is InChI=1S/C16H24N2.BH4.Na/c1-12-3-6-16(17-10-12)14-5-4-13-7-8-18(2)11-15(13)9-14;;/h4-5,9,12,16-17H,3,6-8,10-11H2,1-2H3;1H4;/q;-1;+1/t12-,16?;;/m0../s1. The summed E-state index contributed by atoms with van der Waals surface area (Å²) >= 11 is 0. The van der Waals surface area contributed by atoms with Crippen LogP contribution in [0.1, 0.15) is 42.5 Å². The first kappa shape index (κ1) is 18.3. The molecule has 0 amide bonds. The van der Waals surface area contributed by atoms with Crippen LogP contribution >= 0.6 is 0 Å². The van der Waals surface area contributed by atoms with Gasteiger partial charge in [0.15, 0.2) is 0 Å². The van der Waals surface area contributed by atoms with Crippen molar-refractivity contribution in [3.05, 3.63) is 34.9 Å². The van der Waals surface area contributed by atoms with Gasteiger partial charge in [0.2, 0.25) is 0 Å². The molecular weight excluding hydrogens is 254 g/mol. The Morgan fingerprint density at radius 2 is 2.00 bits per heavy atom. The number of rotatable bonds is 1. The van der Waals surface area contributed by atoms with Crippen molar-refractivity contribution < 1.29 is 29.6 Å². The molecule has 3 rings (SSSR count). The molecule has 2 aliphatic heterocycles. The van der Waals surface area contributed by atoms with Crippen molar-refractivity contribution in [3.8, 4) is 0 Å². The molecule has 0 saturated carbocycles. The van der Waals surface area contributed by atoms with Crippen LogP contribution in [0.3, 0.4) is 0 Å². The zero-order valence-corrected chi connectivity index (χ0v) is 14.6. The summed E-state index contributed by atoms with van der Waals surface area (Å²) in [5.41, 5.74) is 4.60. The van der Waals surface area contributed by atoms with Crippen LogP contribution in [0.4, 0.5) is 0 Å². The molecule has 4 heteroatoms. The van der Waals surface area contributed by atoms with E-state index in [4.69, 9.17) is 0 Å². The van der Waals surface area contributed by atoms with Gasteiger partial charge in [-0.15, -0.1) is 0 Å². The van der Waals surface area contributed by atoms with Crippen molar-refractivity contribution in [2.45, 2.75) is 38.8 Å². The fraction of sp³-hybridized carbons (Fsp3) is 0.625. The smallest absolute Gasteiger partial charge is 0.310 e. The zero-order valence-electron chi connectivity index (χ0n) is 12.6. The first-order chi connectivity index (χ1) is 8.72. The van der Waals surface area contributed by atoms with Crippen LogP contribution in [0.5, 0.6) is 0 Å². The summed E-state index contributed by atoms with van der Waals surface area (Å²) < 4.78 is 0. The van der Waals surface area contributed by atoms with Crippen molar-refractivity contribution in [3.63, 3.8) is 0 Å². The molecule has 2 heterocycles. The number of hydrogen-bond donors (Lipinski definition) is 1. The Labute approximate surface area is 147 Å². The van der Waals surface area contributed by atoms with Crippen molar-refractivity contribution in [2.24, 2.45) is 5.92 Å². The second kappa shape index (κ2) is 8.00. The van der Waals surface area contributed by atoms with Gasteiger partial charge >= 0.3 is 29.6 Å². The quantitative estimate of drug-likeness (QED) is 0.617. The molecule has 0 aliphatic carbocycles. The van der Waals surface area contributed by atoms with Gasteiger partial charge in [-0.2, -0.15) is 0 Å². The van der Waals surface area contributed by atoms with E-state index in [1.807, 2.05) is 0 Å². The van der Waals surface area contributed by atoms with Crippen LogP contribution in [0, 0.1) is 5.92 Å². The molecule has 20 heavy (non-hydrogen) atoms. The summed E-state index contributed by atoms with van der Waals surface area (Å²) in [5.74, 6) is 0.838. The summed E-state index contributed by atoms with van der Waals surface area (Å²) in [6, 6.07) is 7.73. The Morgan fingerprint density at radius 3 is 2.70 bits per heavy atom. The molecule has 0 radical (unpaired) electrons. The second-order valence-corrected chi connectivity index (χ2v) is 6.16. The van der Waals surface area contributed by atoms with Gasteiger partial charge in [0, 0.05) is 19.1 Å². The Kier molecular flexibility index (Phi) is 7.30. The topological polar surface area (TPSA) is 15.3 Å². The summed E-state index contributed by atoms with van der Waals surface area (Å²) in [6.45, 7) is 5.82. The number of piperidine rings is 1. The molecule has 2 nitrogen and oxygen atoms in total. The van der Waals surface area contributed by atoms with Gasteiger partial charge in [0.05, 0.1) is 0 Å². The minimum Gasteiger partial charge on any atom is -0.310 e. The number of nitrogens with zero attached hydrogens (tertiary/aromatic N) is 1. The number of hydrogen-bond acceptors (Lipinski definition) is 2. The third-order valence-corrected chi connectivity index (χ3v) is 4.50. The average Bonchev–Trinajstić information content (AvgIpc) is 2.38. The number of likely N-dealkylation sites (N-methyl/N-ethyl adjacent to an activating group) is 1. The van der Waals surface area contributed by atoms with Gasteiger partial charge in [-0.05, 0) is 55.5 Å². The fourth-order valence-corrected chi connectivity index (χ4v) is 3.22. The maximum Gasteiger partial charge on any atom is 1.00 e. The van der Waals surface area contributed by atoms with Crippen LogP contribution in [0.25, 0.3) is 0 Å². The van der Waals surface area contributed by atoms with E-state index in [9.17, 15) is 0 Å². The zero-order chi connectivity index (χ0) is 12.5. The van der Waals surface area contributed by atoms with Crippen LogP contribution in [0.15, 0.2) is 18.2 Å². The molecular formula is C16H28BN2Na. The van der Waals surface area contributed by atoms with Crippen molar-refractivity contribution >= 4 is 8.41 Å². The number of fused-ring (bicyclic) bond motifs is 1. The van der Waals surface area contributed by atoms with Gasteiger partial charge in [-0.25, -0.2) is 0 Å². The van der Waals surface area contributed by atoms with Crippen molar-refractivity contribution in [1.29, 1.82) is 0 Å². The molecule has 106 valence electrons. The molecule has 0 bridgehead atoms. The Hall–Kier alpha value is 0.205. The Morgan fingerprint density at radius 1 is 1.20 bits per heavy atom. The molecule has 2 aliphatic rings. The summed E-state index contributed by atoms with van der Waals surface area (Å²) in [4.78, 5) is 2.42. The number of benzene rings is 1. The molecule has 1 fully saturated rings. The third-order valence-electron chi connectivity index (χ3n) is 4.50. The van der Waals surface area contributed by atoms with Gasteiger partial charge in [0.25, 0.3) is 0 Å². The molecule has 1 N–H and O–H groups in total. The largest absolute Gasteiger partial charge is 1.00 e. The SMILES string of the molecule is C[C@H]1CCC(c2ccc3c(c2)CN(C)CC3)NC1.[BH4-].[Na+]. The molecule has 2 atom stereocenters. The maximum absolute atomic E-state index is 3.69. The van der Waals surface area contributed by atoms with E-state index in [-0.39, 0.29) is 38.0 Å². The Bertz CT molecular complexity index is 430. The van der Waals surface area contributed by atoms with E-state index in [2.05, 4.69) is 42.4 Å². The molecule has 0 spiro atoms. The van der Waals surface area contributed by atoms with E-state index in [0.717, 1.165) is 12.5 Å². The predicted octanol–water partition coefficient (Wildman–Crippen LogP) is -1.71. The van der Waals surface area contributed by atoms with Crippen molar-refractivity contribution in [2.75, 3.05) is 20.1 Å². The van der Waals surface area contributed by atoms with E-state index < -0.39 is 0 Å². The first-order valence-electron chi connectivity index (χ1n) is 7.26. The summed E-state index contributed by atoms with van der Waals surface area (Å²) in [5, 5.41) is 3.69. The van der Waals surface area contributed by atoms with E-state index >= 15 is 0 Å². The van der Waals surface area contributed by atoms with Crippen LogP contribution in [0.2, 0.25) is 0 Å². The third kappa shape index (κ3) is 4.11. The van der Waals surface area contributed by atoms with Crippen LogP contribution < -0.4 is 34.9 Å². The van der Waals surface area contributed by atoms with Gasteiger partial charge in [0.1, 0.15) is 0 Å². The molecule has 1 aromatic carbocycles.